The highest BCUT2D eigenvalue weighted by Gasteiger charge is 2.16. The average molecular weight is 472 g/mol. The zero-order chi connectivity index (χ0) is 20.8. The zero-order valence-electron chi connectivity index (χ0n) is 15.5. The molecule has 0 saturated heterocycles. The van der Waals surface area contributed by atoms with Crippen LogP contribution in [0.15, 0.2) is 75.8 Å². The fourth-order valence-corrected chi connectivity index (χ4v) is 3.18. The van der Waals surface area contributed by atoms with Crippen LogP contribution in [0.1, 0.15) is 27.8 Å². The lowest BCUT2D eigenvalue weighted by atomic mass is 10.1. The van der Waals surface area contributed by atoms with Crippen LogP contribution >= 0.6 is 28.1 Å². The first-order valence-electron chi connectivity index (χ1n) is 8.82. The number of nitrogens with one attached hydrogen (secondary N) is 2. The third kappa shape index (κ3) is 5.30. The molecule has 148 valence electrons. The molecule has 0 aliphatic rings. The molecule has 0 atom stereocenters. The lowest BCUT2D eigenvalue weighted by Crippen LogP contribution is -2.34. The van der Waals surface area contributed by atoms with Crippen LogP contribution in [-0.4, -0.2) is 23.5 Å². The van der Waals surface area contributed by atoms with Crippen molar-refractivity contribution in [1.82, 2.24) is 5.32 Å². The number of benzene rings is 2. The molecule has 0 aliphatic heterocycles. The molecule has 8 heteroatoms. The summed E-state index contributed by atoms with van der Waals surface area (Å²) in [4.78, 5) is 26.6. The van der Waals surface area contributed by atoms with Gasteiger partial charge in [-0.05, 0) is 83.6 Å². The molecule has 0 aliphatic carbocycles. The Kier molecular flexibility index (Phi) is 6.79. The number of carbonyl (C=O) groups is 2. The molecule has 0 radical (unpaired) electrons. The first kappa shape index (κ1) is 20.8. The van der Waals surface area contributed by atoms with E-state index in [1.165, 1.54) is 6.07 Å². The van der Waals surface area contributed by atoms with Crippen molar-refractivity contribution >= 4 is 56.4 Å². The van der Waals surface area contributed by atoms with E-state index in [1.54, 1.807) is 35.2 Å². The summed E-state index contributed by atoms with van der Waals surface area (Å²) in [6.07, 6.45) is 0. The maximum absolute atomic E-state index is 12.8. The number of rotatable bonds is 5. The predicted molar refractivity (Wildman–Crippen MR) is 120 cm³/mol. The van der Waals surface area contributed by atoms with Crippen molar-refractivity contribution in [1.29, 1.82) is 0 Å². The standard InChI is InChI=1S/C21H18BrN3O3S/c1-2-25(16-6-4-3-5-7-16)20(27)14-8-10-15(11-9-14)23-21(29)24-19(26)17-12-13-18(22)28-17/h3-13H,2H2,1H3,(H2,23,24,26,29). The van der Waals surface area contributed by atoms with E-state index in [9.17, 15) is 9.59 Å². The normalized spacial score (nSPS) is 10.3. The second-order valence-corrected chi connectivity index (χ2v) is 7.16. The summed E-state index contributed by atoms with van der Waals surface area (Å²) >= 11 is 8.30. The quantitative estimate of drug-likeness (QED) is 0.520. The topological polar surface area (TPSA) is 74.6 Å². The van der Waals surface area contributed by atoms with Crippen LogP contribution < -0.4 is 15.5 Å². The molecule has 3 aromatic rings. The van der Waals surface area contributed by atoms with Crippen LogP contribution in [0.3, 0.4) is 0 Å². The van der Waals surface area contributed by atoms with Crippen molar-refractivity contribution in [3.8, 4) is 0 Å². The minimum absolute atomic E-state index is 0.0930. The van der Waals surface area contributed by atoms with E-state index < -0.39 is 5.91 Å². The predicted octanol–water partition coefficient (Wildman–Crippen LogP) is 4.84. The van der Waals surface area contributed by atoms with Crippen LogP contribution in [0, 0.1) is 0 Å². The van der Waals surface area contributed by atoms with Gasteiger partial charge in [0.15, 0.2) is 15.5 Å². The Hall–Kier alpha value is -2.97. The fraction of sp³-hybridized carbons (Fsp3) is 0.0952. The van der Waals surface area contributed by atoms with Gasteiger partial charge in [0.2, 0.25) is 0 Å². The molecular weight excluding hydrogens is 454 g/mol. The first-order chi connectivity index (χ1) is 14.0. The van der Waals surface area contributed by atoms with Crippen molar-refractivity contribution in [3.63, 3.8) is 0 Å². The van der Waals surface area contributed by atoms with E-state index in [1.807, 2.05) is 37.3 Å². The van der Waals surface area contributed by atoms with Crippen molar-refractivity contribution in [2.45, 2.75) is 6.92 Å². The van der Waals surface area contributed by atoms with E-state index in [0.29, 0.717) is 22.5 Å². The van der Waals surface area contributed by atoms with Gasteiger partial charge in [0, 0.05) is 23.5 Å². The molecule has 0 spiro atoms. The second kappa shape index (κ2) is 9.49. The third-order valence-electron chi connectivity index (χ3n) is 4.04. The lowest BCUT2D eigenvalue weighted by Gasteiger charge is -2.21. The first-order valence-corrected chi connectivity index (χ1v) is 10.0. The highest BCUT2D eigenvalue weighted by molar-refractivity contribution is 9.10. The van der Waals surface area contributed by atoms with Gasteiger partial charge in [0.25, 0.3) is 11.8 Å². The maximum Gasteiger partial charge on any atom is 0.293 e. The van der Waals surface area contributed by atoms with Gasteiger partial charge in [-0.25, -0.2) is 0 Å². The summed E-state index contributed by atoms with van der Waals surface area (Å²) in [6.45, 7) is 2.49. The summed E-state index contributed by atoms with van der Waals surface area (Å²) in [7, 11) is 0. The average Bonchev–Trinajstić information content (AvgIpc) is 3.16. The van der Waals surface area contributed by atoms with Gasteiger partial charge < -0.3 is 14.6 Å². The van der Waals surface area contributed by atoms with Crippen LogP contribution in [0.4, 0.5) is 11.4 Å². The summed E-state index contributed by atoms with van der Waals surface area (Å²) in [5, 5.41) is 5.57. The van der Waals surface area contributed by atoms with Crippen LogP contribution in [0.5, 0.6) is 0 Å². The van der Waals surface area contributed by atoms with Crippen molar-refractivity contribution in [2.24, 2.45) is 0 Å². The Morgan fingerprint density at radius 2 is 1.72 bits per heavy atom. The van der Waals surface area contributed by atoms with Gasteiger partial charge >= 0.3 is 0 Å². The molecule has 6 nitrogen and oxygen atoms in total. The largest absolute Gasteiger partial charge is 0.444 e. The van der Waals surface area contributed by atoms with Crippen LogP contribution in [0.25, 0.3) is 0 Å². The molecule has 1 aromatic heterocycles. The highest BCUT2D eigenvalue weighted by Crippen LogP contribution is 2.18. The number of amides is 2. The SMILES string of the molecule is CCN(C(=O)c1ccc(NC(=S)NC(=O)c2ccc(Br)o2)cc1)c1ccccc1. The molecule has 2 N–H and O–H groups in total. The number of furan rings is 1. The number of anilines is 2. The Morgan fingerprint density at radius 1 is 1.03 bits per heavy atom. The van der Waals surface area contributed by atoms with Crippen molar-refractivity contribution < 1.29 is 14.0 Å². The Morgan fingerprint density at radius 3 is 2.31 bits per heavy atom. The number of hydrogen-bond donors (Lipinski definition) is 2. The fourth-order valence-electron chi connectivity index (χ4n) is 2.67. The van der Waals surface area contributed by atoms with E-state index in [-0.39, 0.29) is 16.8 Å². The molecule has 3 rings (SSSR count). The summed E-state index contributed by atoms with van der Waals surface area (Å²) in [5.74, 6) is -0.409. The van der Waals surface area contributed by atoms with Gasteiger partial charge in [0.05, 0.1) is 0 Å². The zero-order valence-corrected chi connectivity index (χ0v) is 17.9. The molecule has 1 heterocycles. The highest BCUT2D eigenvalue weighted by atomic mass is 79.9. The molecule has 0 saturated carbocycles. The lowest BCUT2D eigenvalue weighted by molar-refractivity contribution is 0.0948. The van der Waals surface area contributed by atoms with E-state index in [4.69, 9.17) is 16.6 Å². The summed E-state index contributed by atoms with van der Waals surface area (Å²) in [5.41, 5.74) is 2.04. The third-order valence-corrected chi connectivity index (χ3v) is 4.67. The van der Waals surface area contributed by atoms with Gasteiger partial charge in [-0.1, -0.05) is 18.2 Å². The molecule has 2 amide bonds. The Bertz CT molecular complexity index is 1020. The Balaban J connectivity index is 1.63. The van der Waals surface area contributed by atoms with Gasteiger partial charge in [-0.2, -0.15) is 0 Å². The summed E-state index contributed by atoms with van der Waals surface area (Å²) in [6, 6.07) is 19.5. The summed E-state index contributed by atoms with van der Waals surface area (Å²) < 4.78 is 5.64. The smallest absolute Gasteiger partial charge is 0.293 e. The molecular formula is C21H18BrN3O3S. The molecule has 0 unspecified atom stereocenters. The second-order valence-electron chi connectivity index (χ2n) is 5.97. The molecule has 0 fully saturated rings. The van der Waals surface area contributed by atoms with Crippen LogP contribution in [0.2, 0.25) is 0 Å². The monoisotopic (exact) mass is 471 g/mol. The maximum atomic E-state index is 12.8. The van der Waals surface area contributed by atoms with Crippen LogP contribution in [-0.2, 0) is 0 Å². The van der Waals surface area contributed by atoms with Crippen molar-refractivity contribution in [3.05, 3.63) is 82.7 Å². The van der Waals surface area contributed by atoms with E-state index >= 15 is 0 Å². The minimum atomic E-state index is -0.457. The Labute approximate surface area is 182 Å². The number of nitrogens with zero attached hydrogens (tertiary/aromatic N) is 1. The minimum Gasteiger partial charge on any atom is -0.444 e. The number of para-hydroxylation sites is 1. The van der Waals surface area contributed by atoms with Gasteiger partial charge in [-0.3, -0.25) is 14.9 Å². The van der Waals surface area contributed by atoms with Crippen molar-refractivity contribution in [2.75, 3.05) is 16.8 Å². The van der Waals surface area contributed by atoms with E-state index in [0.717, 1.165) is 5.69 Å². The number of carbonyl (C=O) groups excluding carboxylic acids is 2. The molecule has 2 aromatic carbocycles. The van der Waals surface area contributed by atoms with E-state index in [2.05, 4.69) is 26.6 Å². The molecule has 0 bridgehead atoms. The molecule has 29 heavy (non-hydrogen) atoms. The van der Waals surface area contributed by atoms with Gasteiger partial charge in [-0.15, -0.1) is 0 Å². The number of thiocarbonyl (C=S) groups is 1. The van der Waals surface area contributed by atoms with Gasteiger partial charge in [0.1, 0.15) is 0 Å². The number of hydrogen-bond acceptors (Lipinski definition) is 4. The number of halogens is 1.